The molecule has 2 heterocycles. The monoisotopic (exact) mass is 484 g/mol. The van der Waals surface area contributed by atoms with Gasteiger partial charge in [0.2, 0.25) is 0 Å². The molecule has 0 aliphatic carbocycles. The number of aliphatic hydroxyl groups excluding tert-OH is 2. The molecule has 1 aliphatic rings. The van der Waals surface area contributed by atoms with Crippen LogP contribution >= 0.6 is 15.9 Å². The number of alkyl halides is 1. The molecule has 1 aromatic heterocycles. The molecule has 0 amide bonds. The van der Waals surface area contributed by atoms with Crippen LogP contribution in [-0.4, -0.2) is 61.4 Å². The van der Waals surface area contributed by atoms with Crippen molar-refractivity contribution in [3.05, 3.63) is 27.0 Å². The molecule has 9 heteroatoms. The quantitative estimate of drug-likeness (QED) is 0.429. The Bertz CT molecular complexity index is 680. The third kappa shape index (κ3) is 3.08. The van der Waals surface area contributed by atoms with Gasteiger partial charge in [0.1, 0.15) is 0 Å². The molecule has 0 saturated carbocycles. The molecule has 1 fully saturated rings. The number of aliphatic hydroxyl groups is 2. The molecular weight excluding hydrogens is 463 g/mol. The minimum absolute atomic E-state index is 0.355. The summed E-state index contributed by atoms with van der Waals surface area (Å²) in [6.45, 7) is -0.382. The molecule has 0 aromatic carbocycles. The molecule has 0 spiro atoms. The Morgan fingerprint density at radius 2 is 1.95 bits per heavy atom. The van der Waals surface area contributed by atoms with Crippen molar-refractivity contribution in [1.29, 1.82) is 0 Å². The maximum atomic E-state index is 12.8. The third-order valence-electron chi connectivity index (χ3n) is 3.82. The fraction of sp³-hybridized carbons (Fsp3) is 0.692. The normalized spacial score (nSPS) is 29.0. The van der Waals surface area contributed by atoms with E-state index < -0.39 is 47.3 Å². The summed E-state index contributed by atoms with van der Waals surface area (Å²) in [6, 6.07) is 0. The van der Waals surface area contributed by atoms with E-state index in [1.165, 1.54) is 4.57 Å². The van der Waals surface area contributed by atoms with Crippen LogP contribution in [-0.2, 0) is 11.8 Å². The van der Waals surface area contributed by atoms with Crippen molar-refractivity contribution in [2.45, 2.75) is 38.1 Å². The summed E-state index contributed by atoms with van der Waals surface area (Å²) in [6.07, 6.45) is -1.14. The minimum atomic E-state index is -2.73. The molecule has 0 bridgehead atoms. The van der Waals surface area contributed by atoms with Gasteiger partial charge in [-0.2, -0.15) is 0 Å². The second-order valence-corrected chi connectivity index (χ2v) is 22.0. The van der Waals surface area contributed by atoms with Crippen LogP contribution in [0.2, 0.25) is 14.8 Å². The zero-order valence-corrected chi connectivity index (χ0v) is 17.4. The van der Waals surface area contributed by atoms with Gasteiger partial charge in [-0.15, -0.1) is 0 Å². The molecule has 0 radical (unpaired) electrons. The van der Waals surface area contributed by atoms with Gasteiger partial charge in [0.25, 0.3) is 0 Å². The van der Waals surface area contributed by atoms with E-state index in [0.717, 1.165) is 4.57 Å². The summed E-state index contributed by atoms with van der Waals surface area (Å²) in [5, 5.41) is 19.3. The first-order valence-corrected chi connectivity index (χ1v) is 17.9. The van der Waals surface area contributed by atoms with Crippen molar-refractivity contribution in [1.82, 2.24) is 9.13 Å². The van der Waals surface area contributed by atoms with Crippen LogP contribution in [0.1, 0.15) is 6.23 Å². The number of nitrogens with zero attached hydrogens (tertiary/aromatic N) is 2. The topological polar surface area (TPSA) is 93.7 Å². The molecule has 22 heavy (non-hydrogen) atoms. The predicted octanol–water partition coefficient (Wildman–Crippen LogP) is -0.894. The second-order valence-electron chi connectivity index (χ2n) is 6.54. The summed E-state index contributed by atoms with van der Waals surface area (Å²) < 4.78 is 8.64. The Labute approximate surface area is 140 Å². The standard InChI is InChI=1S/C10H12BrN2O5.3CH3.Sn/c1-12-3-2-6(15)13(10(12)17)9-7(11)8(16)5(4-14)18-9;;;;/h3,5,7-9,14,16H,4H2,1H3;3*1H3;/t5-,7+,8-,9-;;;;/m1..../s1. The van der Waals surface area contributed by atoms with Crippen molar-refractivity contribution in [2.75, 3.05) is 6.61 Å². The Balaban J connectivity index is 2.64. The van der Waals surface area contributed by atoms with Gasteiger partial charge in [-0.05, 0) is 0 Å². The number of hydrogen-bond donors (Lipinski definition) is 2. The first kappa shape index (κ1) is 18.2. The fourth-order valence-corrected chi connectivity index (χ4v) is 7.03. The Morgan fingerprint density at radius 1 is 1.36 bits per heavy atom. The number of rotatable bonds is 3. The summed E-state index contributed by atoms with van der Waals surface area (Å²) >= 11 is 0.551. The molecular formula is C13H21BrN2O5Sn. The van der Waals surface area contributed by atoms with Gasteiger partial charge in [-0.1, -0.05) is 0 Å². The van der Waals surface area contributed by atoms with Crippen molar-refractivity contribution >= 4 is 37.9 Å². The van der Waals surface area contributed by atoms with E-state index in [-0.39, 0.29) is 12.2 Å². The first-order valence-electron chi connectivity index (χ1n) is 7.00. The number of ether oxygens (including phenoxy) is 1. The zero-order chi connectivity index (χ0) is 16.8. The van der Waals surface area contributed by atoms with E-state index in [9.17, 15) is 19.8 Å². The van der Waals surface area contributed by atoms with E-state index in [4.69, 9.17) is 4.74 Å². The van der Waals surface area contributed by atoms with Gasteiger partial charge in [0, 0.05) is 0 Å². The van der Waals surface area contributed by atoms with Crippen LogP contribution in [0.15, 0.2) is 15.8 Å². The van der Waals surface area contributed by atoms with Crippen LogP contribution in [0.4, 0.5) is 0 Å². The molecule has 7 nitrogen and oxygen atoms in total. The van der Waals surface area contributed by atoms with Crippen LogP contribution in [0.25, 0.3) is 0 Å². The fourth-order valence-electron chi connectivity index (χ4n) is 2.49. The molecule has 0 unspecified atom stereocenters. The first-order chi connectivity index (χ1) is 10.1. The van der Waals surface area contributed by atoms with Crippen LogP contribution < -0.4 is 14.8 Å². The summed E-state index contributed by atoms with van der Waals surface area (Å²) in [7, 11) is 1.59. The van der Waals surface area contributed by atoms with Crippen molar-refractivity contribution in [2.24, 2.45) is 7.05 Å². The Morgan fingerprint density at radius 3 is 2.41 bits per heavy atom. The molecule has 124 valence electrons. The molecule has 2 N–H and O–H groups in total. The summed E-state index contributed by atoms with van der Waals surface area (Å²) in [5.74, 6) is 0. The molecule has 1 saturated heterocycles. The molecule has 4 atom stereocenters. The van der Waals surface area contributed by atoms with Crippen LogP contribution in [0.5, 0.6) is 0 Å². The van der Waals surface area contributed by atoms with E-state index in [2.05, 4.69) is 30.7 Å². The SMILES string of the molecule is Cn1c[c]([Sn]([CH3])([CH3])[CH3])c(=O)n([C@@H]2O[C@H](CO)[C@@H](O)[C@@H]2Br)c1=O. The average molecular weight is 484 g/mol. The van der Waals surface area contributed by atoms with E-state index in [1.54, 1.807) is 13.2 Å². The molecule has 1 aliphatic heterocycles. The van der Waals surface area contributed by atoms with E-state index in [1.807, 2.05) is 0 Å². The van der Waals surface area contributed by atoms with Crippen molar-refractivity contribution in [3.63, 3.8) is 0 Å². The number of halogens is 1. The zero-order valence-electron chi connectivity index (χ0n) is 13.0. The Hall–Kier alpha value is -0.161. The van der Waals surface area contributed by atoms with Crippen LogP contribution in [0.3, 0.4) is 0 Å². The number of hydrogen-bond acceptors (Lipinski definition) is 5. The van der Waals surface area contributed by atoms with E-state index in [0.29, 0.717) is 3.58 Å². The number of aryl methyl sites for hydroxylation is 1. The van der Waals surface area contributed by atoms with Gasteiger partial charge in [-0.3, -0.25) is 0 Å². The van der Waals surface area contributed by atoms with Crippen LogP contribution in [0, 0.1) is 0 Å². The van der Waals surface area contributed by atoms with E-state index >= 15 is 0 Å². The van der Waals surface area contributed by atoms with Gasteiger partial charge >= 0.3 is 141 Å². The second kappa shape index (κ2) is 6.39. The van der Waals surface area contributed by atoms with Crippen molar-refractivity contribution in [3.8, 4) is 0 Å². The Kier molecular flexibility index (Phi) is 5.28. The van der Waals surface area contributed by atoms with Gasteiger partial charge in [0.05, 0.1) is 0 Å². The van der Waals surface area contributed by atoms with Gasteiger partial charge in [0.15, 0.2) is 0 Å². The maximum absolute atomic E-state index is 12.8. The van der Waals surface area contributed by atoms with Crippen molar-refractivity contribution < 1.29 is 14.9 Å². The van der Waals surface area contributed by atoms with Gasteiger partial charge in [-0.25, -0.2) is 0 Å². The third-order valence-corrected chi connectivity index (χ3v) is 10.4. The molecule has 2 rings (SSSR count). The average Bonchev–Trinajstić information content (AvgIpc) is 2.70. The number of aromatic nitrogens is 2. The summed E-state index contributed by atoms with van der Waals surface area (Å²) in [5.41, 5.74) is -0.851. The van der Waals surface area contributed by atoms with Gasteiger partial charge < -0.3 is 0 Å². The predicted molar refractivity (Wildman–Crippen MR) is 88.6 cm³/mol. The summed E-state index contributed by atoms with van der Waals surface area (Å²) in [4.78, 5) is 30.8. The molecule has 1 aromatic rings.